The highest BCUT2D eigenvalue weighted by Crippen LogP contribution is 2.31. The van der Waals surface area contributed by atoms with E-state index in [1.165, 1.54) is 6.20 Å². The molecule has 0 aromatic carbocycles. The first kappa shape index (κ1) is 10.7. The summed E-state index contributed by atoms with van der Waals surface area (Å²) in [6.07, 6.45) is 1.49. The summed E-state index contributed by atoms with van der Waals surface area (Å²) in [6.45, 7) is 2.71. The predicted octanol–water partition coefficient (Wildman–Crippen LogP) is -0.255. The quantitative estimate of drug-likeness (QED) is 0.670. The summed E-state index contributed by atoms with van der Waals surface area (Å²) in [4.78, 5) is 15.0. The largest absolute Gasteiger partial charge is 0.476 e. The molecule has 1 aliphatic rings. The summed E-state index contributed by atoms with van der Waals surface area (Å²) >= 11 is 0. The van der Waals surface area contributed by atoms with E-state index in [0.717, 1.165) is 0 Å². The van der Waals surface area contributed by atoms with Crippen LogP contribution in [0.15, 0.2) is 6.20 Å². The lowest BCUT2D eigenvalue weighted by Crippen LogP contribution is -2.32. The van der Waals surface area contributed by atoms with Crippen molar-refractivity contribution in [2.75, 3.05) is 11.9 Å². The number of nitrogens with one attached hydrogen (secondary N) is 2. The number of hydrogen-bond donors (Lipinski definition) is 3. The zero-order chi connectivity index (χ0) is 12.7. The summed E-state index contributed by atoms with van der Waals surface area (Å²) in [6, 6.07) is -0.142. The SMILES string of the molecule is CC1CNc2nc(C(=O)O)cn2C1c1nnn[nH]1. The van der Waals surface area contributed by atoms with E-state index in [0.29, 0.717) is 18.3 Å². The summed E-state index contributed by atoms with van der Waals surface area (Å²) in [5.74, 6) is 0.274. The lowest BCUT2D eigenvalue weighted by molar-refractivity contribution is 0.0691. The fraction of sp³-hybridized carbons (Fsp3) is 0.444. The average Bonchev–Trinajstić information content (AvgIpc) is 2.96. The number of carbonyl (C=O) groups is 1. The van der Waals surface area contributed by atoms with Gasteiger partial charge in [-0.1, -0.05) is 6.92 Å². The molecule has 2 atom stereocenters. The van der Waals surface area contributed by atoms with E-state index in [9.17, 15) is 4.79 Å². The van der Waals surface area contributed by atoms with Gasteiger partial charge in [0.1, 0.15) is 6.04 Å². The van der Waals surface area contributed by atoms with Crippen molar-refractivity contribution in [3.05, 3.63) is 17.7 Å². The Morgan fingerprint density at radius 1 is 1.61 bits per heavy atom. The van der Waals surface area contributed by atoms with Gasteiger partial charge in [0.05, 0.1) is 0 Å². The van der Waals surface area contributed by atoms with E-state index in [2.05, 4.69) is 30.9 Å². The Balaban J connectivity index is 2.08. The molecule has 0 fully saturated rings. The van der Waals surface area contributed by atoms with Crippen LogP contribution in [0.1, 0.15) is 29.3 Å². The third kappa shape index (κ3) is 1.51. The number of tetrazole rings is 1. The molecular weight excluding hydrogens is 238 g/mol. The van der Waals surface area contributed by atoms with Gasteiger partial charge in [0, 0.05) is 18.7 Å². The number of carboxylic acid groups (broad SMARTS) is 1. The first-order valence-corrected chi connectivity index (χ1v) is 5.46. The molecule has 0 aliphatic carbocycles. The molecule has 0 bridgehead atoms. The van der Waals surface area contributed by atoms with E-state index in [4.69, 9.17) is 5.11 Å². The van der Waals surface area contributed by atoms with Crippen LogP contribution < -0.4 is 5.32 Å². The highest BCUT2D eigenvalue weighted by molar-refractivity contribution is 5.85. The van der Waals surface area contributed by atoms with Gasteiger partial charge in [-0.15, -0.1) is 5.10 Å². The van der Waals surface area contributed by atoms with Crippen LogP contribution in [0.5, 0.6) is 0 Å². The van der Waals surface area contributed by atoms with Crippen molar-refractivity contribution < 1.29 is 9.90 Å². The zero-order valence-corrected chi connectivity index (χ0v) is 9.53. The maximum atomic E-state index is 10.9. The Labute approximate surface area is 101 Å². The van der Waals surface area contributed by atoms with Crippen LogP contribution in [0.25, 0.3) is 0 Å². The number of carboxylic acids is 1. The van der Waals surface area contributed by atoms with Gasteiger partial charge in [0.15, 0.2) is 11.5 Å². The summed E-state index contributed by atoms with van der Waals surface area (Å²) in [5.41, 5.74) is 0.00377. The molecule has 0 amide bonds. The van der Waals surface area contributed by atoms with Crippen LogP contribution in [-0.2, 0) is 0 Å². The molecule has 3 rings (SSSR count). The average molecular weight is 249 g/mol. The first-order chi connectivity index (χ1) is 8.66. The second-order valence-corrected chi connectivity index (χ2v) is 4.25. The van der Waals surface area contributed by atoms with Crippen LogP contribution in [0, 0.1) is 5.92 Å². The minimum atomic E-state index is -1.05. The normalized spacial score (nSPS) is 22.3. The van der Waals surface area contributed by atoms with Gasteiger partial charge in [0.25, 0.3) is 0 Å². The van der Waals surface area contributed by atoms with Crippen molar-refractivity contribution in [2.24, 2.45) is 5.92 Å². The molecule has 1 aliphatic heterocycles. The van der Waals surface area contributed by atoms with Gasteiger partial charge in [-0.3, -0.25) is 0 Å². The number of fused-ring (bicyclic) bond motifs is 1. The van der Waals surface area contributed by atoms with Crippen LogP contribution >= 0.6 is 0 Å². The Morgan fingerprint density at radius 2 is 2.44 bits per heavy atom. The molecule has 9 heteroatoms. The molecule has 3 N–H and O–H groups in total. The number of aromatic amines is 1. The summed E-state index contributed by atoms with van der Waals surface area (Å²) < 4.78 is 1.75. The molecule has 0 radical (unpaired) electrons. The van der Waals surface area contributed by atoms with Gasteiger partial charge in [-0.05, 0) is 10.4 Å². The monoisotopic (exact) mass is 249 g/mol. The van der Waals surface area contributed by atoms with Gasteiger partial charge < -0.3 is 15.0 Å². The van der Waals surface area contributed by atoms with Gasteiger partial charge in [0.2, 0.25) is 5.95 Å². The Bertz CT molecular complexity index is 576. The molecule has 3 heterocycles. The predicted molar refractivity (Wildman–Crippen MR) is 59.2 cm³/mol. The molecule has 0 saturated heterocycles. The third-order valence-electron chi connectivity index (χ3n) is 3.01. The van der Waals surface area contributed by atoms with E-state index >= 15 is 0 Å². The number of aromatic nitrogens is 6. The number of rotatable bonds is 2. The fourth-order valence-electron chi connectivity index (χ4n) is 2.17. The third-order valence-corrected chi connectivity index (χ3v) is 3.01. The van der Waals surface area contributed by atoms with Gasteiger partial charge >= 0.3 is 5.97 Å². The number of hydrogen-bond acceptors (Lipinski definition) is 6. The molecule has 2 aromatic rings. The molecule has 2 unspecified atom stereocenters. The fourth-order valence-corrected chi connectivity index (χ4v) is 2.17. The molecule has 2 aromatic heterocycles. The molecule has 9 nitrogen and oxygen atoms in total. The van der Waals surface area contributed by atoms with Gasteiger partial charge in [-0.25, -0.2) is 14.9 Å². The number of nitrogens with zero attached hydrogens (tertiary/aromatic N) is 5. The lowest BCUT2D eigenvalue weighted by Gasteiger charge is -2.29. The van der Waals surface area contributed by atoms with Crippen molar-refractivity contribution in [3.8, 4) is 0 Å². The van der Waals surface area contributed by atoms with E-state index in [-0.39, 0.29) is 17.7 Å². The smallest absolute Gasteiger partial charge is 0.356 e. The van der Waals surface area contributed by atoms with E-state index in [1.807, 2.05) is 6.92 Å². The zero-order valence-electron chi connectivity index (χ0n) is 9.53. The van der Waals surface area contributed by atoms with Crippen LogP contribution in [0.3, 0.4) is 0 Å². The van der Waals surface area contributed by atoms with E-state index in [1.54, 1.807) is 4.57 Å². The van der Waals surface area contributed by atoms with Crippen molar-refractivity contribution in [1.29, 1.82) is 0 Å². The maximum Gasteiger partial charge on any atom is 0.356 e. The lowest BCUT2D eigenvalue weighted by atomic mass is 9.99. The molecular formula is C9H11N7O2. The standard InChI is InChI=1S/C9H11N7O2/c1-4-2-10-9-11-5(8(17)18)3-16(9)6(4)7-12-14-15-13-7/h3-4,6H,2H2,1H3,(H,10,11)(H,17,18)(H,12,13,14,15). The second kappa shape index (κ2) is 3.79. The van der Waals surface area contributed by atoms with Crippen LogP contribution in [-0.4, -0.2) is 47.8 Å². The topological polar surface area (TPSA) is 122 Å². The van der Waals surface area contributed by atoms with Gasteiger partial charge in [-0.2, -0.15) is 0 Å². The molecule has 0 saturated carbocycles. The molecule has 0 spiro atoms. The number of H-pyrrole nitrogens is 1. The van der Waals surface area contributed by atoms with E-state index < -0.39 is 5.97 Å². The Kier molecular flexibility index (Phi) is 2.25. The Hall–Kier alpha value is -2.45. The number of imidazole rings is 1. The van der Waals surface area contributed by atoms with Crippen LogP contribution in [0.2, 0.25) is 0 Å². The summed E-state index contributed by atoms with van der Waals surface area (Å²) in [7, 11) is 0. The number of anilines is 1. The van der Waals surface area contributed by atoms with Crippen molar-refractivity contribution in [1.82, 2.24) is 30.2 Å². The van der Waals surface area contributed by atoms with Crippen molar-refractivity contribution in [2.45, 2.75) is 13.0 Å². The maximum absolute atomic E-state index is 10.9. The first-order valence-electron chi connectivity index (χ1n) is 5.46. The van der Waals surface area contributed by atoms with Crippen molar-refractivity contribution in [3.63, 3.8) is 0 Å². The second-order valence-electron chi connectivity index (χ2n) is 4.25. The Morgan fingerprint density at radius 3 is 3.11 bits per heavy atom. The highest BCUT2D eigenvalue weighted by Gasteiger charge is 2.32. The molecule has 94 valence electrons. The number of aromatic carboxylic acids is 1. The van der Waals surface area contributed by atoms with Crippen LogP contribution in [0.4, 0.5) is 5.95 Å². The molecule has 18 heavy (non-hydrogen) atoms. The minimum Gasteiger partial charge on any atom is -0.476 e. The highest BCUT2D eigenvalue weighted by atomic mass is 16.4. The minimum absolute atomic E-state index is 0.00377. The summed E-state index contributed by atoms with van der Waals surface area (Å²) in [5, 5.41) is 25.8. The van der Waals surface area contributed by atoms with Crippen molar-refractivity contribution >= 4 is 11.9 Å².